The molecule has 2 aromatic carbocycles. The molecule has 1 unspecified atom stereocenters. The number of hydrogen-bond acceptors (Lipinski definition) is 2. The quantitative estimate of drug-likeness (QED) is 0.837. The summed E-state index contributed by atoms with van der Waals surface area (Å²) < 4.78 is 11.5. The molecule has 0 fully saturated rings. The van der Waals surface area contributed by atoms with Gasteiger partial charge in [-0.15, -0.1) is 0 Å². The van der Waals surface area contributed by atoms with Crippen molar-refractivity contribution in [2.45, 2.75) is 12.5 Å². The number of ether oxygens (including phenoxy) is 2. The molecule has 0 saturated carbocycles. The highest BCUT2D eigenvalue weighted by Gasteiger charge is 2.22. The van der Waals surface area contributed by atoms with Gasteiger partial charge in [0.15, 0.2) is 0 Å². The summed E-state index contributed by atoms with van der Waals surface area (Å²) in [6.45, 7) is 0.537. The Balaban J connectivity index is 1.60. The maximum atomic E-state index is 5.90. The smallest absolute Gasteiger partial charge is 0.137 e. The van der Waals surface area contributed by atoms with Gasteiger partial charge in [0.2, 0.25) is 0 Å². The highest BCUT2D eigenvalue weighted by molar-refractivity contribution is 6.30. The fraction of sp³-hybridized carbons (Fsp3) is 0.200. The molecular formula is C15H13ClO2. The minimum absolute atomic E-state index is 0.0846. The van der Waals surface area contributed by atoms with Crippen LogP contribution in [0.4, 0.5) is 0 Å². The van der Waals surface area contributed by atoms with E-state index in [-0.39, 0.29) is 6.10 Å². The number of para-hydroxylation sites is 1. The van der Waals surface area contributed by atoms with Gasteiger partial charge in [0, 0.05) is 11.4 Å². The zero-order valence-electron chi connectivity index (χ0n) is 9.80. The van der Waals surface area contributed by atoms with E-state index in [0.29, 0.717) is 11.6 Å². The lowest BCUT2D eigenvalue weighted by atomic mass is 10.1. The van der Waals surface area contributed by atoms with Gasteiger partial charge in [0.1, 0.15) is 24.2 Å². The second-order valence-electron chi connectivity index (χ2n) is 4.32. The van der Waals surface area contributed by atoms with Crippen LogP contribution in [0.5, 0.6) is 11.5 Å². The minimum atomic E-state index is 0.0846. The Bertz CT molecular complexity index is 529. The van der Waals surface area contributed by atoms with Gasteiger partial charge >= 0.3 is 0 Å². The largest absolute Gasteiger partial charge is 0.490 e. The Hall–Kier alpha value is -1.67. The molecule has 0 saturated heterocycles. The minimum Gasteiger partial charge on any atom is -0.490 e. The monoisotopic (exact) mass is 260 g/mol. The Morgan fingerprint density at radius 1 is 1.17 bits per heavy atom. The predicted octanol–water partition coefficient (Wildman–Crippen LogP) is 3.72. The zero-order chi connectivity index (χ0) is 12.4. The topological polar surface area (TPSA) is 18.5 Å². The Morgan fingerprint density at radius 3 is 2.89 bits per heavy atom. The van der Waals surface area contributed by atoms with E-state index >= 15 is 0 Å². The fourth-order valence-corrected chi connectivity index (χ4v) is 2.27. The first kappa shape index (κ1) is 11.4. The molecule has 18 heavy (non-hydrogen) atoms. The molecule has 1 atom stereocenters. The van der Waals surface area contributed by atoms with Gasteiger partial charge in [-0.3, -0.25) is 0 Å². The molecule has 92 valence electrons. The van der Waals surface area contributed by atoms with Crippen molar-refractivity contribution in [3.8, 4) is 11.5 Å². The molecule has 0 radical (unpaired) electrons. The van der Waals surface area contributed by atoms with Crippen molar-refractivity contribution in [1.82, 2.24) is 0 Å². The van der Waals surface area contributed by atoms with Crippen molar-refractivity contribution in [3.05, 3.63) is 59.1 Å². The van der Waals surface area contributed by atoms with Crippen molar-refractivity contribution in [2.75, 3.05) is 6.61 Å². The van der Waals surface area contributed by atoms with Gasteiger partial charge in [-0.05, 0) is 29.8 Å². The first-order valence-corrected chi connectivity index (χ1v) is 6.32. The summed E-state index contributed by atoms with van der Waals surface area (Å²) in [5.41, 5.74) is 1.25. The van der Waals surface area contributed by atoms with Gasteiger partial charge in [0.05, 0.1) is 0 Å². The lowest BCUT2D eigenvalue weighted by Gasteiger charge is -2.12. The van der Waals surface area contributed by atoms with Gasteiger partial charge in [-0.1, -0.05) is 35.9 Å². The average molecular weight is 261 g/mol. The number of fused-ring (bicyclic) bond motifs is 1. The van der Waals surface area contributed by atoms with Crippen LogP contribution in [-0.4, -0.2) is 12.7 Å². The van der Waals surface area contributed by atoms with Crippen LogP contribution in [0.15, 0.2) is 48.5 Å². The van der Waals surface area contributed by atoms with Crippen LogP contribution >= 0.6 is 11.6 Å². The summed E-state index contributed by atoms with van der Waals surface area (Å²) in [7, 11) is 0. The molecule has 2 aromatic rings. The van der Waals surface area contributed by atoms with Crippen molar-refractivity contribution >= 4 is 11.6 Å². The molecule has 0 amide bonds. The molecule has 1 aliphatic heterocycles. The number of hydrogen-bond donors (Lipinski definition) is 0. The van der Waals surface area contributed by atoms with Crippen LogP contribution in [0, 0.1) is 0 Å². The standard InChI is InChI=1S/C15H13ClO2/c16-12-5-3-6-13(9-12)17-10-14-8-11-4-1-2-7-15(11)18-14/h1-7,9,14H,8,10H2. The van der Waals surface area contributed by atoms with Crippen molar-refractivity contribution in [1.29, 1.82) is 0 Å². The highest BCUT2D eigenvalue weighted by Crippen LogP contribution is 2.28. The van der Waals surface area contributed by atoms with E-state index in [1.165, 1.54) is 5.56 Å². The summed E-state index contributed by atoms with van der Waals surface area (Å²) in [5, 5.41) is 0.683. The Labute approximate surface area is 111 Å². The predicted molar refractivity (Wildman–Crippen MR) is 71.5 cm³/mol. The van der Waals surface area contributed by atoms with Gasteiger partial charge in [-0.25, -0.2) is 0 Å². The van der Waals surface area contributed by atoms with E-state index in [9.17, 15) is 0 Å². The van der Waals surface area contributed by atoms with E-state index in [1.54, 1.807) is 0 Å². The molecule has 0 spiro atoms. The average Bonchev–Trinajstić information content (AvgIpc) is 2.79. The SMILES string of the molecule is Clc1cccc(OCC2Cc3ccccc3O2)c1. The van der Waals surface area contributed by atoms with Crippen LogP contribution in [0.2, 0.25) is 5.02 Å². The van der Waals surface area contributed by atoms with Gasteiger partial charge < -0.3 is 9.47 Å². The fourth-order valence-electron chi connectivity index (χ4n) is 2.09. The second-order valence-corrected chi connectivity index (χ2v) is 4.76. The lowest BCUT2D eigenvalue weighted by Crippen LogP contribution is -2.22. The number of rotatable bonds is 3. The zero-order valence-corrected chi connectivity index (χ0v) is 10.6. The molecule has 3 rings (SSSR count). The normalized spacial score (nSPS) is 17.1. The molecule has 3 heteroatoms. The summed E-state index contributed by atoms with van der Waals surface area (Å²) in [4.78, 5) is 0. The molecular weight excluding hydrogens is 248 g/mol. The molecule has 1 heterocycles. The van der Waals surface area contributed by atoms with E-state index in [2.05, 4.69) is 6.07 Å². The third-order valence-electron chi connectivity index (χ3n) is 2.95. The highest BCUT2D eigenvalue weighted by atomic mass is 35.5. The molecule has 0 N–H and O–H groups in total. The Morgan fingerprint density at radius 2 is 2.06 bits per heavy atom. The van der Waals surface area contributed by atoms with E-state index in [4.69, 9.17) is 21.1 Å². The van der Waals surface area contributed by atoms with Gasteiger partial charge in [0.25, 0.3) is 0 Å². The van der Waals surface area contributed by atoms with E-state index in [0.717, 1.165) is 17.9 Å². The van der Waals surface area contributed by atoms with Crippen LogP contribution < -0.4 is 9.47 Å². The molecule has 0 aromatic heterocycles. The maximum absolute atomic E-state index is 5.90. The van der Waals surface area contributed by atoms with Crippen LogP contribution in [0.3, 0.4) is 0 Å². The molecule has 2 nitrogen and oxygen atoms in total. The van der Waals surface area contributed by atoms with Crippen LogP contribution in [-0.2, 0) is 6.42 Å². The molecule has 0 aliphatic carbocycles. The lowest BCUT2D eigenvalue weighted by molar-refractivity contribution is 0.148. The van der Waals surface area contributed by atoms with Gasteiger partial charge in [-0.2, -0.15) is 0 Å². The summed E-state index contributed by atoms with van der Waals surface area (Å²) in [6.07, 6.45) is 0.984. The summed E-state index contributed by atoms with van der Waals surface area (Å²) >= 11 is 5.90. The second kappa shape index (κ2) is 4.91. The van der Waals surface area contributed by atoms with E-state index < -0.39 is 0 Å². The van der Waals surface area contributed by atoms with Crippen molar-refractivity contribution in [2.24, 2.45) is 0 Å². The van der Waals surface area contributed by atoms with Crippen LogP contribution in [0.25, 0.3) is 0 Å². The van der Waals surface area contributed by atoms with Crippen LogP contribution in [0.1, 0.15) is 5.56 Å². The van der Waals surface area contributed by atoms with E-state index in [1.807, 2.05) is 42.5 Å². The molecule has 0 bridgehead atoms. The maximum Gasteiger partial charge on any atom is 0.137 e. The Kier molecular flexibility index (Phi) is 3.11. The number of halogens is 1. The molecule has 1 aliphatic rings. The number of benzene rings is 2. The summed E-state index contributed by atoms with van der Waals surface area (Å²) in [5.74, 6) is 1.75. The first-order chi connectivity index (χ1) is 8.81. The van der Waals surface area contributed by atoms with Crippen molar-refractivity contribution < 1.29 is 9.47 Å². The summed E-state index contributed by atoms with van der Waals surface area (Å²) in [6, 6.07) is 15.5. The first-order valence-electron chi connectivity index (χ1n) is 5.94. The third-order valence-corrected chi connectivity index (χ3v) is 3.18. The van der Waals surface area contributed by atoms with Crippen molar-refractivity contribution in [3.63, 3.8) is 0 Å². The third kappa shape index (κ3) is 2.44.